The van der Waals surface area contributed by atoms with Crippen LogP contribution in [0.25, 0.3) is 17.1 Å². The van der Waals surface area contributed by atoms with E-state index in [4.69, 9.17) is 4.74 Å². The van der Waals surface area contributed by atoms with Crippen LogP contribution in [0.15, 0.2) is 43.1 Å². The van der Waals surface area contributed by atoms with Gasteiger partial charge in [0.1, 0.15) is 23.2 Å². The molecule has 2 N–H and O–H groups in total. The first-order valence-electron chi connectivity index (χ1n) is 12.1. The first-order chi connectivity index (χ1) is 16.9. The van der Waals surface area contributed by atoms with Gasteiger partial charge in [0.15, 0.2) is 0 Å². The number of ketones is 1. The zero-order chi connectivity index (χ0) is 24.6. The van der Waals surface area contributed by atoms with Crippen LogP contribution >= 0.6 is 0 Å². The van der Waals surface area contributed by atoms with E-state index in [1.165, 1.54) is 6.07 Å². The standard InChI is InChI=1S/C27H29FN4O3/c1-3-17-5-4-6-20(28)26(17)27(23(33)8-9-24(34)30-18-11-16(2)12-18)13-19(14-27)35-25-10-7-21-22(31-25)15-29-32-21/h3-7,10,15-16,18-19H,1,8-9,11-14H2,2H3,(H,29,32)(H,30,34). The van der Waals surface area contributed by atoms with Gasteiger partial charge >= 0.3 is 0 Å². The molecule has 1 aromatic carbocycles. The molecule has 2 fully saturated rings. The molecule has 0 atom stereocenters. The lowest BCUT2D eigenvalue weighted by molar-refractivity contribution is -0.134. The van der Waals surface area contributed by atoms with Gasteiger partial charge in [0.2, 0.25) is 11.8 Å². The van der Waals surface area contributed by atoms with E-state index in [0.29, 0.717) is 41.3 Å². The predicted molar refractivity (Wildman–Crippen MR) is 130 cm³/mol. The van der Waals surface area contributed by atoms with E-state index in [-0.39, 0.29) is 36.7 Å². The van der Waals surface area contributed by atoms with E-state index in [9.17, 15) is 9.59 Å². The molecule has 2 heterocycles. The van der Waals surface area contributed by atoms with Crippen molar-refractivity contribution in [1.82, 2.24) is 20.5 Å². The number of aromatic nitrogens is 3. The highest BCUT2D eigenvalue weighted by Crippen LogP contribution is 2.49. The average molecular weight is 477 g/mol. The van der Waals surface area contributed by atoms with Crippen LogP contribution in [-0.4, -0.2) is 39.0 Å². The molecule has 1 amide bonds. The minimum atomic E-state index is -1.06. The molecule has 0 aliphatic heterocycles. The number of fused-ring (bicyclic) bond motifs is 1. The maximum atomic E-state index is 15.1. The maximum absolute atomic E-state index is 15.1. The van der Waals surface area contributed by atoms with Crippen LogP contribution in [-0.2, 0) is 15.0 Å². The fourth-order valence-electron chi connectivity index (χ4n) is 5.42. The molecule has 0 radical (unpaired) electrons. The number of ether oxygens (including phenoxy) is 1. The Balaban J connectivity index is 1.32. The summed E-state index contributed by atoms with van der Waals surface area (Å²) in [6, 6.07) is 8.50. The molecule has 2 aromatic heterocycles. The molecule has 0 spiro atoms. The van der Waals surface area contributed by atoms with E-state index in [2.05, 4.69) is 34.0 Å². The maximum Gasteiger partial charge on any atom is 0.220 e. The van der Waals surface area contributed by atoms with Crippen molar-refractivity contribution in [3.63, 3.8) is 0 Å². The number of nitrogens with zero attached hydrogens (tertiary/aromatic N) is 2. The largest absolute Gasteiger partial charge is 0.474 e. The number of H-pyrrole nitrogens is 1. The Labute approximate surface area is 203 Å². The Morgan fingerprint density at radius 3 is 2.80 bits per heavy atom. The highest BCUT2D eigenvalue weighted by Gasteiger charge is 2.54. The fraction of sp³-hybridized carbons (Fsp3) is 0.407. The highest BCUT2D eigenvalue weighted by molar-refractivity contribution is 5.95. The summed E-state index contributed by atoms with van der Waals surface area (Å²) in [5.41, 5.74) is 1.34. The minimum absolute atomic E-state index is 0.0466. The first-order valence-corrected chi connectivity index (χ1v) is 12.1. The summed E-state index contributed by atoms with van der Waals surface area (Å²) in [6.45, 7) is 5.96. The summed E-state index contributed by atoms with van der Waals surface area (Å²) < 4.78 is 21.2. The lowest BCUT2D eigenvalue weighted by Gasteiger charge is -2.47. The smallest absolute Gasteiger partial charge is 0.220 e. The number of rotatable bonds is 9. The van der Waals surface area contributed by atoms with E-state index >= 15 is 4.39 Å². The summed E-state index contributed by atoms with van der Waals surface area (Å²) in [5.74, 6) is 0.323. The van der Waals surface area contributed by atoms with Crippen molar-refractivity contribution in [3.05, 3.63) is 60.1 Å². The number of aromatic amines is 1. The van der Waals surface area contributed by atoms with Crippen LogP contribution in [0.3, 0.4) is 0 Å². The molecule has 35 heavy (non-hydrogen) atoms. The fourth-order valence-corrected chi connectivity index (χ4v) is 5.42. The summed E-state index contributed by atoms with van der Waals surface area (Å²) in [4.78, 5) is 30.4. The lowest BCUT2D eigenvalue weighted by atomic mass is 9.58. The van der Waals surface area contributed by atoms with Crippen LogP contribution < -0.4 is 10.1 Å². The number of pyridine rings is 1. The molecule has 2 saturated carbocycles. The van der Waals surface area contributed by atoms with Crippen molar-refractivity contribution in [2.45, 2.75) is 63.0 Å². The first kappa shape index (κ1) is 23.2. The van der Waals surface area contributed by atoms with Gasteiger partial charge in [-0.05, 0) is 36.5 Å². The summed E-state index contributed by atoms with van der Waals surface area (Å²) in [5, 5.41) is 9.80. The third-order valence-electron chi connectivity index (χ3n) is 7.31. The van der Waals surface area contributed by atoms with Crippen molar-refractivity contribution in [3.8, 4) is 5.88 Å². The Hall–Kier alpha value is -3.55. The number of halogens is 1. The normalized spacial score (nSPS) is 25.4. The molecule has 2 aliphatic rings. The third kappa shape index (κ3) is 4.45. The quantitative estimate of drug-likeness (QED) is 0.475. The predicted octanol–water partition coefficient (Wildman–Crippen LogP) is 4.48. The number of carbonyl (C=O) groups is 2. The van der Waals surface area contributed by atoms with Gasteiger partial charge in [-0.3, -0.25) is 14.7 Å². The number of hydrogen-bond donors (Lipinski definition) is 2. The highest BCUT2D eigenvalue weighted by atomic mass is 19.1. The average Bonchev–Trinajstić information content (AvgIpc) is 3.26. The van der Waals surface area contributed by atoms with E-state index < -0.39 is 11.2 Å². The molecule has 0 bridgehead atoms. The number of hydrogen-bond acceptors (Lipinski definition) is 5. The van der Waals surface area contributed by atoms with Crippen LogP contribution in [0.2, 0.25) is 0 Å². The monoisotopic (exact) mass is 476 g/mol. The molecular formula is C27H29FN4O3. The van der Waals surface area contributed by atoms with Crippen molar-refractivity contribution in [1.29, 1.82) is 0 Å². The van der Waals surface area contributed by atoms with E-state index in [1.54, 1.807) is 30.5 Å². The third-order valence-corrected chi connectivity index (χ3v) is 7.31. The second-order valence-corrected chi connectivity index (χ2v) is 9.85. The summed E-state index contributed by atoms with van der Waals surface area (Å²) in [7, 11) is 0. The van der Waals surface area contributed by atoms with Crippen LogP contribution in [0.4, 0.5) is 4.39 Å². The molecule has 0 saturated heterocycles. The van der Waals surface area contributed by atoms with Gasteiger partial charge < -0.3 is 10.1 Å². The SMILES string of the molecule is C=Cc1cccc(F)c1C1(C(=O)CCC(=O)NC2CC(C)C2)CC(Oc2ccc3[nH]ncc3n2)C1. The van der Waals surface area contributed by atoms with Gasteiger partial charge in [-0.25, -0.2) is 9.37 Å². The molecular weight excluding hydrogens is 447 g/mol. The minimum Gasteiger partial charge on any atom is -0.474 e. The summed E-state index contributed by atoms with van der Waals surface area (Å²) >= 11 is 0. The lowest BCUT2D eigenvalue weighted by Crippen LogP contribution is -2.54. The number of Topliss-reactive ketones (excluding diaryl/α,β-unsaturated/α-hetero) is 1. The zero-order valence-electron chi connectivity index (χ0n) is 19.7. The number of carbonyl (C=O) groups excluding carboxylic acids is 2. The van der Waals surface area contributed by atoms with Gasteiger partial charge in [-0.1, -0.05) is 31.7 Å². The molecule has 8 heteroatoms. The molecule has 0 unspecified atom stereocenters. The molecule has 2 aliphatic carbocycles. The number of benzene rings is 1. The Morgan fingerprint density at radius 2 is 2.06 bits per heavy atom. The molecule has 182 valence electrons. The Kier molecular flexibility index (Phi) is 6.13. The van der Waals surface area contributed by atoms with Crippen LogP contribution in [0.5, 0.6) is 5.88 Å². The Bertz CT molecular complexity index is 1270. The second kappa shape index (κ2) is 9.24. The van der Waals surface area contributed by atoms with Crippen molar-refractivity contribution >= 4 is 28.8 Å². The van der Waals surface area contributed by atoms with Crippen molar-refractivity contribution in [2.75, 3.05) is 0 Å². The topological polar surface area (TPSA) is 97.0 Å². The van der Waals surface area contributed by atoms with Crippen LogP contribution in [0, 0.1) is 11.7 Å². The Morgan fingerprint density at radius 1 is 1.26 bits per heavy atom. The van der Waals surface area contributed by atoms with Crippen molar-refractivity contribution in [2.24, 2.45) is 5.92 Å². The van der Waals surface area contributed by atoms with Gasteiger partial charge in [0, 0.05) is 43.4 Å². The van der Waals surface area contributed by atoms with E-state index in [1.807, 2.05) is 6.07 Å². The number of amides is 1. The molecule has 3 aromatic rings. The zero-order valence-corrected chi connectivity index (χ0v) is 19.7. The van der Waals surface area contributed by atoms with Crippen molar-refractivity contribution < 1.29 is 18.7 Å². The van der Waals surface area contributed by atoms with Crippen LogP contribution in [0.1, 0.15) is 56.6 Å². The number of nitrogens with one attached hydrogen (secondary N) is 2. The van der Waals surface area contributed by atoms with Gasteiger partial charge in [0.05, 0.1) is 17.1 Å². The summed E-state index contributed by atoms with van der Waals surface area (Å²) in [6.07, 6.45) is 5.57. The second-order valence-electron chi connectivity index (χ2n) is 9.85. The van der Waals surface area contributed by atoms with E-state index in [0.717, 1.165) is 18.4 Å². The van der Waals surface area contributed by atoms with Gasteiger partial charge in [0.25, 0.3) is 0 Å². The molecule has 5 rings (SSSR count). The van der Waals surface area contributed by atoms with Gasteiger partial charge in [-0.15, -0.1) is 0 Å². The van der Waals surface area contributed by atoms with Gasteiger partial charge in [-0.2, -0.15) is 5.10 Å². The molecule has 7 nitrogen and oxygen atoms in total.